The molecule has 2 fully saturated rings. The van der Waals surface area contributed by atoms with Gasteiger partial charge in [0.05, 0.1) is 0 Å². The molecule has 0 bridgehead atoms. The van der Waals surface area contributed by atoms with E-state index in [0.717, 1.165) is 55.6 Å². The van der Waals surface area contributed by atoms with Crippen molar-refractivity contribution in [2.45, 2.75) is 51.1 Å². The van der Waals surface area contributed by atoms with Crippen molar-refractivity contribution in [2.24, 2.45) is 5.92 Å². The van der Waals surface area contributed by atoms with Crippen molar-refractivity contribution in [3.05, 3.63) is 65.7 Å². The fourth-order valence-electron chi connectivity index (χ4n) is 4.04. The molecule has 2 amide bonds. The van der Waals surface area contributed by atoms with E-state index in [1.54, 1.807) is 0 Å². The molecule has 4 rings (SSSR count). The predicted octanol–water partition coefficient (Wildman–Crippen LogP) is 4.44. The monoisotopic (exact) mass is 405 g/mol. The maximum absolute atomic E-state index is 13.3. The van der Waals surface area contributed by atoms with Crippen LogP contribution in [0.1, 0.15) is 62.2 Å². The Hall–Kier alpha value is -2.66. The van der Waals surface area contributed by atoms with Crippen LogP contribution in [0.5, 0.6) is 0 Å². The molecule has 2 aromatic rings. The van der Waals surface area contributed by atoms with Crippen molar-refractivity contribution in [1.29, 1.82) is 0 Å². The largest absolute Gasteiger partial charge is 0.341 e. The normalized spacial score (nSPS) is 18.5. The topological polar surface area (TPSA) is 61.4 Å². The first kappa shape index (κ1) is 20.6. The van der Waals surface area contributed by atoms with E-state index < -0.39 is 0 Å². The maximum atomic E-state index is 13.3. The Balaban J connectivity index is 1.46. The summed E-state index contributed by atoms with van der Waals surface area (Å²) in [6.45, 7) is 3.76. The summed E-state index contributed by atoms with van der Waals surface area (Å²) in [7, 11) is 0. The minimum Gasteiger partial charge on any atom is -0.341 e. The van der Waals surface area contributed by atoms with Crippen LogP contribution in [-0.4, -0.2) is 29.8 Å². The van der Waals surface area contributed by atoms with Gasteiger partial charge in [-0.3, -0.25) is 14.9 Å². The van der Waals surface area contributed by atoms with Gasteiger partial charge in [-0.25, -0.2) is 0 Å². The Bertz CT molecular complexity index is 856. The van der Waals surface area contributed by atoms with Crippen LogP contribution < -0.4 is 10.6 Å². The highest BCUT2D eigenvalue weighted by Crippen LogP contribution is 2.30. The minimum atomic E-state index is -0.367. The Labute approximate surface area is 178 Å². The van der Waals surface area contributed by atoms with Gasteiger partial charge < -0.3 is 10.2 Å². The zero-order chi connectivity index (χ0) is 20.9. The van der Waals surface area contributed by atoms with Crippen LogP contribution >= 0.6 is 0 Å². The molecule has 2 aromatic carbocycles. The molecule has 2 atom stereocenters. The molecule has 1 saturated carbocycles. The Morgan fingerprint density at radius 3 is 2.20 bits per heavy atom. The van der Waals surface area contributed by atoms with E-state index in [4.69, 9.17) is 0 Å². The van der Waals surface area contributed by atoms with Gasteiger partial charge in [-0.15, -0.1) is 0 Å². The standard InChI is InChI=1S/C25H31N3O2/c1-18(19-12-14-22(15-13-19)27-24(29)21-10-11-21)26-23(20-8-4-2-5-9-20)25(30)28-16-6-3-7-17-28/h2,4-5,8-9,12-15,18,21,23,26H,3,6-7,10-11,16-17H2,1H3,(H,27,29). The second kappa shape index (κ2) is 9.43. The Morgan fingerprint density at radius 1 is 0.900 bits per heavy atom. The number of anilines is 1. The molecule has 2 aliphatic rings. The molecule has 158 valence electrons. The molecule has 1 heterocycles. The third-order valence-corrected chi connectivity index (χ3v) is 6.09. The van der Waals surface area contributed by atoms with Crippen LogP contribution in [0.25, 0.3) is 0 Å². The van der Waals surface area contributed by atoms with Crippen LogP contribution in [0.15, 0.2) is 54.6 Å². The minimum absolute atomic E-state index is 0.00266. The maximum Gasteiger partial charge on any atom is 0.244 e. The molecule has 30 heavy (non-hydrogen) atoms. The molecule has 1 saturated heterocycles. The van der Waals surface area contributed by atoms with Crippen LogP contribution in [-0.2, 0) is 9.59 Å². The Morgan fingerprint density at radius 2 is 1.57 bits per heavy atom. The van der Waals surface area contributed by atoms with Gasteiger partial charge in [0.2, 0.25) is 11.8 Å². The molecular weight excluding hydrogens is 374 g/mol. The third-order valence-electron chi connectivity index (χ3n) is 6.09. The number of nitrogens with zero attached hydrogens (tertiary/aromatic N) is 1. The van der Waals surface area contributed by atoms with Crippen LogP contribution in [0.4, 0.5) is 5.69 Å². The summed E-state index contributed by atoms with van der Waals surface area (Å²) in [5.41, 5.74) is 2.91. The van der Waals surface area contributed by atoms with E-state index in [1.807, 2.05) is 59.5 Å². The number of amides is 2. The molecule has 1 aliphatic carbocycles. The summed E-state index contributed by atoms with van der Waals surface area (Å²) < 4.78 is 0. The summed E-state index contributed by atoms with van der Waals surface area (Å²) >= 11 is 0. The predicted molar refractivity (Wildman–Crippen MR) is 119 cm³/mol. The number of benzene rings is 2. The molecule has 0 radical (unpaired) electrons. The van der Waals surface area contributed by atoms with Gasteiger partial charge in [0.25, 0.3) is 0 Å². The molecule has 0 spiro atoms. The lowest BCUT2D eigenvalue weighted by Crippen LogP contribution is -2.43. The van der Waals surface area contributed by atoms with Crippen molar-refractivity contribution in [3.63, 3.8) is 0 Å². The van der Waals surface area contributed by atoms with Gasteiger partial charge in [0.1, 0.15) is 6.04 Å². The number of carbonyl (C=O) groups excluding carboxylic acids is 2. The van der Waals surface area contributed by atoms with Gasteiger partial charge in [-0.1, -0.05) is 42.5 Å². The lowest BCUT2D eigenvalue weighted by Gasteiger charge is -2.32. The van der Waals surface area contributed by atoms with E-state index >= 15 is 0 Å². The zero-order valence-electron chi connectivity index (χ0n) is 17.6. The van der Waals surface area contributed by atoms with E-state index in [9.17, 15) is 9.59 Å². The van der Waals surface area contributed by atoms with Crippen LogP contribution in [0, 0.1) is 5.92 Å². The number of piperidine rings is 1. The first-order chi connectivity index (χ1) is 14.6. The summed E-state index contributed by atoms with van der Waals surface area (Å²) in [5.74, 6) is 0.462. The van der Waals surface area contributed by atoms with Crippen molar-refractivity contribution in [3.8, 4) is 0 Å². The summed E-state index contributed by atoms with van der Waals surface area (Å²) in [6, 6.07) is 17.5. The quantitative estimate of drug-likeness (QED) is 0.716. The van der Waals surface area contributed by atoms with Crippen molar-refractivity contribution in [2.75, 3.05) is 18.4 Å². The van der Waals surface area contributed by atoms with Gasteiger partial charge in [-0.05, 0) is 62.3 Å². The molecular formula is C25H31N3O2. The third kappa shape index (κ3) is 5.08. The van der Waals surface area contributed by atoms with E-state index in [1.165, 1.54) is 6.42 Å². The van der Waals surface area contributed by atoms with E-state index in [-0.39, 0.29) is 29.8 Å². The summed E-state index contributed by atoms with van der Waals surface area (Å²) in [5, 5.41) is 6.53. The lowest BCUT2D eigenvalue weighted by molar-refractivity contribution is -0.134. The number of rotatable bonds is 7. The first-order valence-corrected chi connectivity index (χ1v) is 11.1. The lowest BCUT2D eigenvalue weighted by atomic mass is 10.0. The molecule has 2 N–H and O–H groups in total. The Kier molecular flexibility index (Phi) is 6.48. The second-order valence-electron chi connectivity index (χ2n) is 8.50. The highest BCUT2D eigenvalue weighted by molar-refractivity contribution is 5.94. The number of likely N-dealkylation sites (tertiary alicyclic amines) is 1. The molecule has 1 aliphatic heterocycles. The number of carbonyl (C=O) groups is 2. The first-order valence-electron chi connectivity index (χ1n) is 11.1. The SMILES string of the molecule is CC(NC(C(=O)N1CCCCC1)c1ccccc1)c1ccc(NC(=O)C2CC2)cc1. The van der Waals surface area contributed by atoms with Crippen LogP contribution in [0.2, 0.25) is 0 Å². The van der Waals surface area contributed by atoms with Gasteiger partial charge in [-0.2, -0.15) is 0 Å². The van der Waals surface area contributed by atoms with Crippen molar-refractivity contribution >= 4 is 17.5 Å². The molecule has 2 unspecified atom stereocenters. The van der Waals surface area contributed by atoms with Gasteiger partial charge in [0, 0.05) is 30.7 Å². The molecule has 5 nitrogen and oxygen atoms in total. The number of hydrogen-bond acceptors (Lipinski definition) is 3. The molecule has 5 heteroatoms. The fourth-order valence-corrected chi connectivity index (χ4v) is 4.04. The highest BCUT2D eigenvalue weighted by Gasteiger charge is 2.30. The summed E-state index contributed by atoms with van der Waals surface area (Å²) in [4.78, 5) is 27.3. The highest BCUT2D eigenvalue weighted by atomic mass is 16.2. The van der Waals surface area contributed by atoms with E-state index in [0.29, 0.717) is 0 Å². The van der Waals surface area contributed by atoms with Crippen LogP contribution in [0.3, 0.4) is 0 Å². The van der Waals surface area contributed by atoms with Crippen molar-refractivity contribution in [1.82, 2.24) is 10.2 Å². The average Bonchev–Trinajstić information content (AvgIpc) is 3.64. The smallest absolute Gasteiger partial charge is 0.244 e. The fraction of sp³-hybridized carbons (Fsp3) is 0.440. The number of nitrogens with one attached hydrogen (secondary N) is 2. The average molecular weight is 406 g/mol. The van der Waals surface area contributed by atoms with Gasteiger partial charge in [0.15, 0.2) is 0 Å². The molecule has 0 aromatic heterocycles. The van der Waals surface area contributed by atoms with Gasteiger partial charge >= 0.3 is 0 Å². The van der Waals surface area contributed by atoms with Crippen molar-refractivity contribution < 1.29 is 9.59 Å². The number of hydrogen-bond donors (Lipinski definition) is 2. The second-order valence-corrected chi connectivity index (χ2v) is 8.50. The summed E-state index contributed by atoms with van der Waals surface area (Å²) in [6.07, 6.45) is 5.36. The van der Waals surface area contributed by atoms with E-state index in [2.05, 4.69) is 17.6 Å². The zero-order valence-corrected chi connectivity index (χ0v) is 17.6.